The van der Waals surface area contributed by atoms with E-state index in [9.17, 15) is 4.79 Å². The van der Waals surface area contributed by atoms with E-state index >= 15 is 0 Å². The summed E-state index contributed by atoms with van der Waals surface area (Å²) < 4.78 is 0.837. The van der Waals surface area contributed by atoms with Crippen LogP contribution in [0.25, 0.3) is 0 Å². The van der Waals surface area contributed by atoms with E-state index in [4.69, 9.17) is 0 Å². The number of nitrogens with one attached hydrogen (secondary N) is 2. The number of amides is 1. The van der Waals surface area contributed by atoms with E-state index in [0.717, 1.165) is 35.4 Å². The zero-order valence-electron chi connectivity index (χ0n) is 13.1. The second-order valence-corrected chi connectivity index (χ2v) is 7.50. The predicted octanol–water partition coefficient (Wildman–Crippen LogP) is 3.46. The number of allylic oxidation sites excluding steroid dienone is 1. The molecule has 0 radical (unpaired) electrons. The van der Waals surface area contributed by atoms with Crippen molar-refractivity contribution in [1.82, 2.24) is 15.5 Å². The molecule has 0 saturated carbocycles. The van der Waals surface area contributed by atoms with E-state index in [1.165, 1.54) is 54.4 Å². The van der Waals surface area contributed by atoms with Crippen LogP contribution < -0.4 is 10.6 Å². The summed E-state index contributed by atoms with van der Waals surface area (Å²) in [5.41, 5.74) is 1.50. The van der Waals surface area contributed by atoms with Crippen molar-refractivity contribution >= 4 is 34.1 Å². The topological polar surface area (TPSA) is 66.9 Å². The van der Waals surface area contributed by atoms with E-state index in [-0.39, 0.29) is 5.91 Å². The fourth-order valence-corrected chi connectivity index (χ4v) is 3.85. The summed E-state index contributed by atoms with van der Waals surface area (Å²) in [6, 6.07) is 0. The highest BCUT2D eigenvalue weighted by atomic mass is 32.2. The number of hydrogen-bond donors (Lipinski definition) is 2. The van der Waals surface area contributed by atoms with Crippen molar-refractivity contribution in [3.8, 4) is 0 Å². The second kappa shape index (κ2) is 9.84. The molecule has 0 unspecified atom stereocenters. The van der Waals surface area contributed by atoms with Crippen molar-refractivity contribution < 1.29 is 4.79 Å². The van der Waals surface area contributed by atoms with Gasteiger partial charge in [0.2, 0.25) is 11.0 Å². The second-order valence-electron chi connectivity index (χ2n) is 5.30. The normalized spacial score (nSPS) is 14.5. The van der Waals surface area contributed by atoms with E-state index in [0.29, 0.717) is 5.75 Å². The van der Waals surface area contributed by atoms with Crippen LogP contribution in [-0.4, -0.2) is 34.9 Å². The van der Waals surface area contributed by atoms with Crippen molar-refractivity contribution in [2.24, 2.45) is 0 Å². The first kappa shape index (κ1) is 17.3. The molecule has 2 rings (SSSR count). The van der Waals surface area contributed by atoms with Gasteiger partial charge < -0.3 is 10.6 Å². The molecule has 1 aromatic rings. The Labute approximate surface area is 140 Å². The number of nitrogens with zero attached hydrogens (tertiary/aromatic N) is 2. The molecule has 0 saturated heterocycles. The molecule has 1 aliphatic rings. The third kappa shape index (κ3) is 6.36. The van der Waals surface area contributed by atoms with Gasteiger partial charge in [-0.05, 0) is 38.5 Å². The minimum absolute atomic E-state index is 0.0691. The molecular weight excluding hydrogens is 316 g/mol. The number of aromatic nitrogens is 2. The lowest BCUT2D eigenvalue weighted by Gasteiger charge is -2.12. The van der Waals surface area contributed by atoms with Crippen LogP contribution in [0.2, 0.25) is 0 Å². The highest BCUT2D eigenvalue weighted by Crippen LogP contribution is 2.25. The van der Waals surface area contributed by atoms with Crippen LogP contribution in [-0.2, 0) is 4.79 Å². The Hall–Kier alpha value is -1.08. The van der Waals surface area contributed by atoms with Gasteiger partial charge in [0.25, 0.3) is 0 Å². The first-order chi connectivity index (χ1) is 10.8. The van der Waals surface area contributed by atoms with Crippen LogP contribution in [0.15, 0.2) is 16.0 Å². The molecule has 0 aromatic carbocycles. The standard InChI is InChI=1S/C15H24N4OS2/c1-2-9-17-14-18-19-15(22-14)21-11-13(20)16-10-8-12-6-4-3-5-7-12/h6H,2-5,7-11H2,1H3,(H,16,20)(H,17,18). The maximum Gasteiger partial charge on any atom is 0.230 e. The Balaban J connectivity index is 1.60. The minimum atomic E-state index is 0.0691. The zero-order chi connectivity index (χ0) is 15.6. The molecule has 5 nitrogen and oxygen atoms in total. The van der Waals surface area contributed by atoms with Crippen molar-refractivity contribution in [1.29, 1.82) is 0 Å². The maximum absolute atomic E-state index is 11.8. The van der Waals surface area contributed by atoms with Crippen molar-refractivity contribution in [3.63, 3.8) is 0 Å². The Morgan fingerprint density at radius 1 is 1.36 bits per heavy atom. The minimum Gasteiger partial charge on any atom is -0.360 e. The number of hydrogen-bond acceptors (Lipinski definition) is 6. The molecule has 122 valence electrons. The van der Waals surface area contributed by atoms with Crippen molar-refractivity contribution in [2.45, 2.75) is 49.8 Å². The number of carbonyl (C=O) groups excluding carboxylic acids is 1. The van der Waals surface area contributed by atoms with Gasteiger partial charge in [-0.2, -0.15) is 0 Å². The molecule has 0 bridgehead atoms. The van der Waals surface area contributed by atoms with Gasteiger partial charge in [0.05, 0.1) is 5.75 Å². The Morgan fingerprint density at radius 3 is 3.05 bits per heavy atom. The van der Waals surface area contributed by atoms with Gasteiger partial charge >= 0.3 is 0 Å². The lowest BCUT2D eigenvalue weighted by molar-refractivity contribution is -0.118. The lowest BCUT2D eigenvalue weighted by Crippen LogP contribution is -2.26. The average molecular weight is 341 g/mol. The van der Waals surface area contributed by atoms with Crippen LogP contribution in [0.5, 0.6) is 0 Å². The fourth-order valence-electron chi connectivity index (χ4n) is 2.24. The maximum atomic E-state index is 11.8. The van der Waals surface area contributed by atoms with Crippen molar-refractivity contribution in [2.75, 3.05) is 24.2 Å². The molecule has 0 fully saturated rings. The predicted molar refractivity (Wildman–Crippen MR) is 93.6 cm³/mol. The van der Waals surface area contributed by atoms with Gasteiger partial charge in [-0.25, -0.2) is 0 Å². The van der Waals surface area contributed by atoms with Crippen LogP contribution in [0.3, 0.4) is 0 Å². The highest BCUT2D eigenvalue weighted by molar-refractivity contribution is 8.01. The molecule has 0 atom stereocenters. The van der Waals surface area contributed by atoms with Gasteiger partial charge in [0, 0.05) is 13.1 Å². The molecule has 1 aliphatic carbocycles. The third-order valence-electron chi connectivity index (χ3n) is 3.41. The fraction of sp³-hybridized carbons (Fsp3) is 0.667. The Bertz CT molecular complexity index is 501. The molecule has 1 aromatic heterocycles. The van der Waals surface area contributed by atoms with Gasteiger partial charge in [-0.3, -0.25) is 4.79 Å². The van der Waals surface area contributed by atoms with Gasteiger partial charge in [-0.1, -0.05) is 41.7 Å². The van der Waals surface area contributed by atoms with Crippen LogP contribution in [0, 0.1) is 0 Å². The Morgan fingerprint density at radius 2 is 2.27 bits per heavy atom. The highest BCUT2D eigenvalue weighted by Gasteiger charge is 2.08. The summed E-state index contributed by atoms with van der Waals surface area (Å²) in [6.45, 7) is 3.75. The lowest BCUT2D eigenvalue weighted by atomic mass is 9.97. The molecular formula is C15H24N4OS2. The quantitative estimate of drug-likeness (QED) is 0.532. The van der Waals surface area contributed by atoms with Gasteiger partial charge in [-0.15, -0.1) is 10.2 Å². The first-order valence-electron chi connectivity index (χ1n) is 7.92. The number of thioether (sulfide) groups is 1. The largest absolute Gasteiger partial charge is 0.360 e. The average Bonchev–Trinajstić information content (AvgIpc) is 3.00. The van der Waals surface area contributed by atoms with E-state index in [1.807, 2.05) is 0 Å². The smallest absolute Gasteiger partial charge is 0.230 e. The summed E-state index contributed by atoms with van der Waals surface area (Å²) in [5.74, 6) is 0.473. The monoisotopic (exact) mass is 340 g/mol. The summed E-state index contributed by atoms with van der Waals surface area (Å²) in [5, 5.41) is 15.1. The Kier molecular flexibility index (Phi) is 7.73. The molecule has 0 aliphatic heterocycles. The van der Waals surface area contributed by atoms with E-state index in [1.54, 1.807) is 0 Å². The molecule has 2 N–H and O–H groups in total. The summed E-state index contributed by atoms with van der Waals surface area (Å²) >= 11 is 2.95. The molecule has 0 spiro atoms. The third-order valence-corrected chi connectivity index (χ3v) is 5.43. The van der Waals surface area contributed by atoms with Gasteiger partial charge in [0.1, 0.15) is 0 Å². The van der Waals surface area contributed by atoms with Crippen molar-refractivity contribution in [3.05, 3.63) is 11.6 Å². The number of rotatable bonds is 9. The number of carbonyl (C=O) groups is 1. The summed E-state index contributed by atoms with van der Waals surface area (Å²) in [7, 11) is 0. The summed E-state index contributed by atoms with van der Waals surface area (Å²) in [6.07, 6.45) is 9.37. The van der Waals surface area contributed by atoms with Crippen LogP contribution >= 0.6 is 23.1 Å². The van der Waals surface area contributed by atoms with Crippen LogP contribution in [0.1, 0.15) is 45.4 Å². The van der Waals surface area contributed by atoms with E-state index < -0.39 is 0 Å². The number of anilines is 1. The molecule has 7 heteroatoms. The van der Waals surface area contributed by atoms with E-state index in [2.05, 4.69) is 33.8 Å². The summed E-state index contributed by atoms with van der Waals surface area (Å²) in [4.78, 5) is 11.8. The molecule has 22 heavy (non-hydrogen) atoms. The van der Waals surface area contributed by atoms with Crippen LogP contribution in [0.4, 0.5) is 5.13 Å². The molecule has 1 amide bonds. The SMILES string of the molecule is CCCNc1nnc(SCC(=O)NCCC2=CCCCC2)s1. The zero-order valence-corrected chi connectivity index (χ0v) is 14.7. The first-order valence-corrected chi connectivity index (χ1v) is 9.73. The molecule has 1 heterocycles. The van der Waals surface area contributed by atoms with Gasteiger partial charge in [0.15, 0.2) is 4.34 Å².